The van der Waals surface area contributed by atoms with E-state index in [4.69, 9.17) is 0 Å². The minimum atomic E-state index is 0.372. The molecule has 0 saturated heterocycles. The molecule has 2 heterocycles. The van der Waals surface area contributed by atoms with E-state index in [0.717, 1.165) is 16.9 Å². The lowest BCUT2D eigenvalue weighted by atomic mass is 10.0. The Morgan fingerprint density at radius 2 is 1.87 bits per heavy atom. The van der Waals surface area contributed by atoms with Gasteiger partial charge in [0.25, 0.3) is 0 Å². The second kappa shape index (κ2) is 4.23. The molecule has 0 radical (unpaired) electrons. The molecule has 0 amide bonds. The molecule has 0 N–H and O–H groups in total. The van der Waals surface area contributed by atoms with Gasteiger partial charge in [0.05, 0.1) is 0 Å². The normalized spacial score (nSPS) is 15.1. The highest BCUT2D eigenvalue weighted by atomic mass is 79.9. The first-order valence-electron chi connectivity index (χ1n) is 4.90. The van der Waals surface area contributed by atoms with Crippen LogP contribution >= 0.6 is 15.9 Å². The van der Waals surface area contributed by atoms with Crippen LogP contribution < -0.4 is 0 Å². The summed E-state index contributed by atoms with van der Waals surface area (Å²) in [6.45, 7) is 4.26. The standard InChI is InChI=1S/C11H12BrN3/c1-7(8(2)12)9-3-4-10-11(15-9)14-6-5-13-10/h3-8H,1-2H3. The second-order valence-corrected chi connectivity index (χ2v) is 5.05. The molecule has 2 unspecified atom stereocenters. The fraction of sp³-hybridized carbons (Fsp3) is 0.364. The van der Waals surface area contributed by atoms with Crippen LogP contribution in [0.3, 0.4) is 0 Å². The minimum Gasteiger partial charge on any atom is -0.251 e. The first-order valence-corrected chi connectivity index (χ1v) is 5.82. The summed E-state index contributed by atoms with van der Waals surface area (Å²) in [5.74, 6) is 0.372. The summed E-state index contributed by atoms with van der Waals surface area (Å²) in [5, 5.41) is 0. The zero-order valence-corrected chi connectivity index (χ0v) is 10.3. The molecule has 0 aliphatic carbocycles. The van der Waals surface area contributed by atoms with Crippen LogP contribution in [0.4, 0.5) is 0 Å². The summed E-state index contributed by atoms with van der Waals surface area (Å²) in [4.78, 5) is 13.3. The number of hydrogen-bond acceptors (Lipinski definition) is 3. The Balaban J connectivity index is 2.47. The van der Waals surface area contributed by atoms with Gasteiger partial charge in [-0.1, -0.05) is 29.8 Å². The van der Waals surface area contributed by atoms with Crippen molar-refractivity contribution in [1.29, 1.82) is 0 Å². The minimum absolute atomic E-state index is 0.372. The van der Waals surface area contributed by atoms with Crippen molar-refractivity contribution < 1.29 is 0 Å². The van der Waals surface area contributed by atoms with Crippen molar-refractivity contribution in [3.8, 4) is 0 Å². The number of pyridine rings is 1. The maximum absolute atomic E-state index is 4.49. The number of rotatable bonds is 2. The topological polar surface area (TPSA) is 38.7 Å². The molecule has 15 heavy (non-hydrogen) atoms. The summed E-state index contributed by atoms with van der Waals surface area (Å²) < 4.78 is 0. The van der Waals surface area contributed by atoms with Gasteiger partial charge < -0.3 is 0 Å². The number of hydrogen-bond donors (Lipinski definition) is 0. The van der Waals surface area contributed by atoms with E-state index in [-0.39, 0.29) is 0 Å². The Bertz CT molecular complexity index is 470. The van der Waals surface area contributed by atoms with Crippen LogP contribution in [-0.2, 0) is 0 Å². The molecule has 3 nitrogen and oxygen atoms in total. The summed E-state index contributed by atoms with van der Waals surface area (Å²) in [7, 11) is 0. The monoisotopic (exact) mass is 265 g/mol. The number of halogens is 1. The summed E-state index contributed by atoms with van der Waals surface area (Å²) in [5.41, 5.74) is 2.61. The Hall–Kier alpha value is -1.03. The molecule has 0 saturated carbocycles. The molecule has 2 rings (SSSR count). The molecule has 0 aromatic carbocycles. The average Bonchev–Trinajstić information content (AvgIpc) is 2.27. The van der Waals surface area contributed by atoms with Crippen molar-refractivity contribution in [2.75, 3.05) is 0 Å². The first kappa shape index (κ1) is 10.5. The number of nitrogens with zero attached hydrogens (tertiary/aromatic N) is 3. The molecule has 2 atom stereocenters. The van der Waals surface area contributed by atoms with Crippen LogP contribution in [-0.4, -0.2) is 19.8 Å². The predicted octanol–water partition coefficient (Wildman–Crippen LogP) is 2.91. The van der Waals surface area contributed by atoms with E-state index < -0.39 is 0 Å². The van der Waals surface area contributed by atoms with E-state index >= 15 is 0 Å². The lowest BCUT2D eigenvalue weighted by Gasteiger charge is -2.13. The highest BCUT2D eigenvalue weighted by molar-refractivity contribution is 9.09. The molecule has 0 spiro atoms. The van der Waals surface area contributed by atoms with Gasteiger partial charge >= 0.3 is 0 Å². The van der Waals surface area contributed by atoms with Crippen molar-refractivity contribution in [2.24, 2.45) is 0 Å². The van der Waals surface area contributed by atoms with Gasteiger partial charge in [0.15, 0.2) is 5.65 Å². The number of alkyl halides is 1. The quantitative estimate of drug-likeness (QED) is 0.784. The van der Waals surface area contributed by atoms with Gasteiger partial charge in [-0.05, 0) is 12.1 Å². The van der Waals surface area contributed by atoms with Crippen molar-refractivity contribution in [1.82, 2.24) is 15.0 Å². The van der Waals surface area contributed by atoms with E-state index in [1.54, 1.807) is 12.4 Å². The van der Waals surface area contributed by atoms with Crippen LogP contribution in [0.25, 0.3) is 11.2 Å². The van der Waals surface area contributed by atoms with E-state index in [9.17, 15) is 0 Å². The molecule has 4 heteroatoms. The van der Waals surface area contributed by atoms with Crippen LogP contribution in [0.1, 0.15) is 25.5 Å². The molecule has 2 aromatic rings. The van der Waals surface area contributed by atoms with Gasteiger partial charge in [0.2, 0.25) is 0 Å². The molecular formula is C11H12BrN3. The van der Waals surface area contributed by atoms with Crippen molar-refractivity contribution >= 4 is 27.1 Å². The highest BCUT2D eigenvalue weighted by Crippen LogP contribution is 2.23. The van der Waals surface area contributed by atoms with Gasteiger partial charge in [0, 0.05) is 28.8 Å². The van der Waals surface area contributed by atoms with Crippen LogP contribution in [0, 0.1) is 0 Å². The zero-order valence-electron chi connectivity index (χ0n) is 8.68. The van der Waals surface area contributed by atoms with Gasteiger partial charge in [-0.25, -0.2) is 9.97 Å². The Morgan fingerprint density at radius 3 is 2.60 bits per heavy atom. The van der Waals surface area contributed by atoms with E-state index in [1.165, 1.54) is 0 Å². The SMILES string of the molecule is CC(Br)C(C)c1ccc2nccnc2n1. The molecule has 0 aliphatic heterocycles. The second-order valence-electron chi connectivity index (χ2n) is 3.60. The molecule has 0 fully saturated rings. The number of fused-ring (bicyclic) bond motifs is 1. The summed E-state index contributed by atoms with van der Waals surface area (Å²) >= 11 is 3.56. The third-order valence-corrected chi connectivity index (χ3v) is 3.30. The average molecular weight is 266 g/mol. The van der Waals surface area contributed by atoms with Gasteiger partial charge in [-0.15, -0.1) is 0 Å². The van der Waals surface area contributed by atoms with Crippen LogP contribution in [0.2, 0.25) is 0 Å². The molecular weight excluding hydrogens is 254 g/mol. The van der Waals surface area contributed by atoms with Crippen LogP contribution in [0.15, 0.2) is 24.5 Å². The lowest BCUT2D eigenvalue weighted by molar-refractivity contribution is 0.736. The molecule has 2 aromatic heterocycles. The Kier molecular flexibility index (Phi) is 2.95. The lowest BCUT2D eigenvalue weighted by Crippen LogP contribution is -2.06. The predicted molar refractivity (Wildman–Crippen MR) is 64.1 cm³/mol. The zero-order chi connectivity index (χ0) is 10.8. The largest absolute Gasteiger partial charge is 0.251 e. The van der Waals surface area contributed by atoms with Gasteiger partial charge in [0.1, 0.15) is 5.52 Å². The van der Waals surface area contributed by atoms with Crippen LogP contribution in [0.5, 0.6) is 0 Å². The van der Waals surface area contributed by atoms with Crippen molar-refractivity contribution in [3.63, 3.8) is 0 Å². The van der Waals surface area contributed by atoms with E-state index in [1.807, 2.05) is 12.1 Å². The van der Waals surface area contributed by atoms with Gasteiger partial charge in [-0.3, -0.25) is 4.98 Å². The maximum atomic E-state index is 4.49. The number of aromatic nitrogens is 3. The third kappa shape index (κ3) is 2.15. The molecule has 0 aliphatic rings. The summed E-state index contributed by atoms with van der Waals surface area (Å²) in [6.07, 6.45) is 3.35. The third-order valence-electron chi connectivity index (χ3n) is 2.51. The Labute approximate surface area is 97.1 Å². The van der Waals surface area contributed by atoms with E-state index in [0.29, 0.717) is 10.7 Å². The fourth-order valence-corrected chi connectivity index (χ4v) is 1.63. The van der Waals surface area contributed by atoms with Crippen molar-refractivity contribution in [3.05, 3.63) is 30.2 Å². The van der Waals surface area contributed by atoms with Gasteiger partial charge in [-0.2, -0.15) is 0 Å². The molecule has 0 bridgehead atoms. The smallest absolute Gasteiger partial charge is 0.178 e. The first-order chi connectivity index (χ1) is 7.18. The van der Waals surface area contributed by atoms with Crippen molar-refractivity contribution in [2.45, 2.75) is 24.6 Å². The maximum Gasteiger partial charge on any atom is 0.178 e. The summed E-state index contributed by atoms with van der Waals surface area (Å²) in [6, 6.07) is 3.98. The Morgan fingerprint density at radius 1 is 1.13 bits per heavy atom. The van der Waals surface area contributed by atoms with E-state index in [2.05, 4.69) is 44.7 Å². The molecule has 78 valence electrons. The fourth-order valence-electron chi connectivity index (χ4n) is 1.36. The highest BCUT2D eigenvalue weighted by Gasteiger charge is 2.13.